The highest BCUT2D eigenvalue weighted by Crippen LogP contribution is 2.52. The number of nitro benzene ring substituents is 1. The van der Waals surface area contributed by atoms with Crippen molar-refractivity contribution in [3.63, 3.8) is 0 Å². The third-order valence-electron chi connectivity index (χ3n) is 6.55. The molecule has 11 nitrogen and oxygen atoms in total. The van der Waals surface area contributed by atoms with E-state index >= 15 is 0 Å². The Labute approximate surface area is 222 Å². The Balaban J connectivity index is 1.67. The summed E-state index contributed by atoms with van der Waals surface area (Å²) in [7, 11) is 4.36. The van der Waals surface area contributed by atoms with Crippen LogP contribution >= 0.6 is 11.6 Å². The number of hydroxylamine groups is 1. The standard InChI is InChI=1S/C26H22ClN3O8/c1-35-19-12-11-18(22(36-2)23(19)37-3)21-20-24(38-29(21)16-5-4-6-17(13-16)30(33)34)26(32)28(25(20)31)15-9-7-14(27)8-10-15/h4-13,20-21,24H,1-3H3/t20-,21-,24-/m0/s1. The second kappa shape index (κ2) is 9.84. The van der Waals surface area contributed by atoms with Gasteiger partial charge in [-0.05, 0) is 42.5 Å². The molecule has 0 radical (unpaired) electrons. The lowest BCUT2D eigenvalue weighted by atomic mass is 9.89. The van der Waals surface area contributed by atoms with Crippen molar-refractivity contribution in [2.75, 3.05) is 31.3 Å². The Bertz CT molecular complexity index is 1430. The van der Waals surface area contributed by atoms with Gasteiger partial charge in [0.1, 0.15) is 12.0 Å². The average Bonchev–Trinajstić information content (AvgIpc) is 3.43. The predicted molar refractivity (Wildman–Crippen MR) is 137 cm³/mol. The second-order valence-electron chi connectivity index (χ2n) is 8.51. The fraction of sp³-hybridized carbons (Fsp3) is 0.231. The molecule has 3 atom stereocenters. The monoisotopic (exact) mass is 539 g/mol. The molecule has 5 rings (SSSR count). The van der Waals surface area contributed by atoms with Gasteiger partial charge < -0.3 is 14.2 Å². The number of carbonyl (C=O) groups is 2. The second-order valence-corrected chi connectivity index (χ2v) is 8.95. The van der Waals surface area contributed by atoms with Gasteiger partial charge in [0.2, 0.25) is 11.7 Å². The van der Waals surface area contributed by atoms with E-state index in [1.54, 1.807) is 42.5 Å². The first kappa shape index (κ1) is 25.3. The van der Waals surface area contributed by atoms with Gasteiger partial charge in [-0.25, -0.2) is 9.96 Å². The summed E-state index contributed by atoms with van der Waals surface area (Å²) in [6.45, 7) is 0. The van der Waals surface area contributed by atoms with Crippen molar-refractivity contribution in [1.29, 1.82) is 0 Å². The van der Waals surface area contributed by atoms with Crippen LogP contribution in [-0.2, 0) is 14.4 Å². The number of non-ortho nitro benzene ring substituents is 1. The van der Waals surface area contributed by atoms with Crippen molar-refractivity contribution >= 4 is 40.5 Å². The van der Waals surface area contributed by atoms with E-state index in [-0.39, 0.29) is 22.9 Å². The number of benzene rings is 3. The van der Waals surface area contributed by atoms with Gasteiger partial charge in [-0.1, -0.05) is 17.7 Å². The van der Waals surface area contributed by atoms with Crippen molar-refractivity contribution < 1.29 is 33.6 Å². The Hall–Kier alpha value is -4.35. The van der Waals surface area contributed by atoms with Crippen molar-refractivity contribution in [2.45, 2.75) is 12.1 Å². The molecule has 2 aliphatic rings. The minimum absolute atomic E-state index is 0.179. The molecule has 0 saturated carbocycles. The largest absolute Gasteiger partial charge is 0.493 e. The van der Waals surface area contributed by atoms with Crippen molar-refractivity contribution in [1.82, 2.24) is 0 Å². The fourth-order valence-electron chi connectivity index (χ4n) is 4.90. The van der Waals surface area contributed by atoms with Gasteiger partial charge in [0, 0.05) is 22.7 Å². The summed E-state index contributed by atoms with van der Waals surface area (Å²) >= 11 is 6.00. The highest BCUT2D eigenvalue weighted by Gasteiger charge is 2.61. The molecule has 3 aromatic carbocycles. The van der Waals surface area contributed by atoms with E-state index in [1.165, 1.54) is 44.6 Å². The number of fused-ring (bicyclic) bond motifs is 1. The number of hydrogen-bond donors (Lipinski definition) is 0. The molecule has 38 heavy (non-hydrogen) atoms. The van der Waals surface area contributed by atoms with Gasteiger partial charge in [-0.15, -0.1) is 0 Å². The summed E-state index contributed by atoms with van der Waals surface area (Å²) in [6.07, 6.45) is -1.19. The SMILES string of the molecule is COc1ccc([C@H]2[C@@H]3C(=O)N(c4ccc(Cl)cc4)C(=O)[C@H]3ON2c2cccc([N+](=O)[O-])c2)c(OC)c1OC. The van der Waals surface area contributed by atoms with Gasteiger partial charge in [0.15, 0.2) is 17.6 Å². The Morgan fingerprint density at radius 1 is 0.895 bits per heavy atom. The maximum Gasteiger partial charge on any atom is 0.271 e. The highest BCUT2D eigenvalue weighted by molar-refractivity contribution is 6.31. The van der Waals surface area contributed by atoms with Crippen LogP contribution in [0.3, 0.4) is 0 Å². The zero-order valence-corrected chi connectivity index (χ0v) is 21.2. The summed E-state index contributed by atoms with van der Waals surface area (Å²) in [5, 5.41) is 13.3. The molecule has 2 heterocycles. The summed E-state index contributed by atoms with van der Waals surface area (Å²) in [4.78, 5) is 45.5. The van der Waals surface area contributed by atoms with Gasteiger partial charge in [-0.2, -0.15) is 0 Å². The molecule has 2 fully saturated rings. The lowest BCUT2D eigenvalue weighted by Gasteiger charge is -2.30. The lowest BCUT2D eigenvalue weighted by molar-refractivity contribution is -0.384. The number of amides is 2. The molecule has 2 saturated heterocycles. The molecule has 0 unspecified atom stereocenters. The maximum absolute atomic E-state index is 13.9. The van der Waals surface area contributed by atoms with Crippen molar-refractivity contribution in [3.05, 3.63) is 81.4 Å². The number of nitro groups is 1. The first-order valence-electron chi connectivity index (χ1n) is 11.4. The number of ether oxygens (including phenoxy) is 3. The molecular formula is C26H22ClN3O8. The van der Waals surface area contributed by atoms with Gasteiger partial charge in [0.25, 0.3) is 11.6 Å². The summed E-state index contributed by atoms with van der Waals surface area (Å²) < 4.78 is 16.6. The summed E-state index contributed by atoms with van der Waals surface area (Å²) in [6, 6.07) is 14.5. The molecule has 12 heteroatoms. The highest BCUT2D eigenvalue weighted by atomic mass is 35.5. The normalized spacial score (nSPS) is 20.5. The predicted octanol–water partition coefficient (Wildman–Crippen LogP) is 4.33. The number of carbonyl (C=O) groups excluding carboxylic acids is 2. The van der Waals surface area contributed by atoms with E-state index < -0.39 is 34.8 Å². The number of halogens is 1. The smallest absolute Gasteiger partial charge is 0.271 e. The fourth-order valence-corrected chi connectivity index (χ4v) is 5.03. The zero-order chi connectivity index (χ0) is 27.1. The van der Waals surface area contributed by atoms with Gasteiger partial charge >= 0.3 is 0 Å². The van der Waals surface area contributed by atoms with E-state index in [0.717, 1.165) is 4.90 Å². The van der Waals surface area contributed by atoms with Crippen LogP contribution in [0.5, 0.6) is 17.2 Å². The maximum atomic E-state index is 13.9. The van der Waals surface area contributed by atoms with Crippen LogP contribution in [0.1, 0.15) is 11.6 Å². The molecular weight excluding hydrogens is 518 g/mol. The van der Waals surface area contributed by atoms with E-state index in [1.807, 2.05) is 0 Å². The number of hydrogen-bond acceptors (Lipinski definition) is 9. The van der Waals surface area contributed by atoms with E-state index in [0.29, 0.717) is 22.0 Å². The van der Waals surface area contributed by atoms with Crippen molar-refractivity contribution in [3.8, 4) is 17.2 Å². The molecule has 2 aliphatic heterocycles. The van der Waals surface area contributed by atoms with E-state index in [4.69, 9.17) is 30.6 Å². The molecule has 3 aromatic rings. The van der Waals surface area contributed by atoms with Crippen LogP contribution in [0.15, 0.2) is 60.7 Å². The first-order valence-corrected chi connectivity index (χ1v) is 11.8. The minimum Gasteiger partial charge on any atom is -0.493 e. The van der Waals surface area contributed by atoms with Crippen LogP contribution in [-0.4, -0.2) is 44.2 Å². The number of nitrogens with zero attached hydrogens (tertiary/aromatic N) is 3. The molecule has 0 N–H and O–H groups in total. The number of anilines is 2. The molecule has 0 aromatic heterocycles. The van der Waals surface area contributed by atoms with Crippen LogP contribution in [0.25, 0.3) is 0 Å². The quantitative estimate of drug-likeness (QED) is 0.245. The molecule has 0 spiro atoms. The summed E-state index contributed by atoms with van der Waals surface area (Å²) in [5.74, 6) is -1.15. The molecule has 0 bridgehead atoms. The number of rotatable bonds is 7. The molecule has 0 aliphatic carbocycles. The van der Waals surface area contributed by atoms with Crippen LogP contribution in [0.2, 0.25) is 5.02 Å². The van der Waals surface area contributed by atoms with Crippen LogP contribution < -0.4 is 24.2 Å². The Kier molecular flexibility index (Phi) is 6.55. The minimum atomic E-state index is -1.19. The molecule has 196 valence electrons. The topological polar surface area (TPSA) is 121 Å². The number of methoxy groups -OCH3 is 3. The van der Waals surface area contributed by atoms with Gasteiger partial charge in [-0.3, -0.25) is 24.5 Å². The Morgan fingerprint density at radius 2 is 1.61 bits per heavy atom. The number of imide groups is 1. The first-order chi connectivity index (χ1) is 18.3. The molecule has 2 amide bonds. The lowest BCUT2D eigenvalue weighted by Crippen LogP contribution is -2.37. The van der Waals surface area contributed by atoms with Gasteiger partial charge in [0.05, 0.1) is 37.6 Å². The third kappa shape index (κ3) is 3.96. The van der Waals surface area contributed by atoms with E-state index in [2.05, 4.69) is 0 Å². The van der Waals surface area contributed by atoms with E-state index in [9.17, 15) is 19.7 Å². The van der Waals surface area contributed by atoms with Crippen molar-refractivity contribution in [2.24, 2.45) is 5.92 Å². The summed E-state index contributed by atoms with van der Waals surface area (Å²) in [5.41, 5.74) is 0.918. The average molecular weight is 540 g/mol. The van der Waals surface area contributed by atoms with Crippen LogP contribution in [0, 0.1) is 16.0 Å². The van der Waals surface area contributed by atoms with Crippen LogP contribution in [0.4, 0.5) is 17.1 Å². The zero-order valence-electron chi connectivity index (χ0n) is 20.5. The third-order valence-corrected chi connectivity index (χ3v) is 6.80. The Morgan fingerprint density at radius 3 is 2.24 bits per heavy atom.